The van der Waals surface area contributed by atoms with E-state index in [9.17, 15) is 9.18 Å². The maximum Gasteiger partial charge on any atom is 0.338 e. The standard InChI is InChI=1S/C34H33ClF2N4O6/c1-34(22-7-6-20(35)14-23(22)36)46-29-5-3-4-25(32(29)47-34)40-10-9-39(27-17-44-18-28(27)40)16-30-38-31-24(37)12-19(33(42)43-2)13-26(31)41(30)15-21-8-11-45-21/h3-7,12-14,21,27-28H,8-11,15-18H2,1-2H3. The minimum absolute atomic E-state index is 0.00529. The van der Waals surface area contributed by atoms with E-state index in [1.165, 1.54) is 19.2 Å². The number of methoxy groups -OCH3 is 1. The summed E-state index contributed by atoms with van der Waals surface area (Å²) in [6, 6.07) is 12.9. The van der Waals surface area contributed by atoms with Gasteiger partial charge in [-0.3, -0.25) is 4.90 Å². The highest BCUT2D eigenvalue weighted by atomic mass is 35.5. The van der Waals surface area contributed by atoms with Gasteiger partial charge in [0.1, 0.15) is 17.2 Å². The second-order valence-electron chi connectivity index (χ2n) is 12.5. The minimum atomic E-state index is -1.37. The molecule has 0 amide bonds. The van der Waals surface area contributed by atoms with Crippen molar-refractivity contribution in [3.05, 3.63) is 82.1 Å². The molecule has 0 spiro atoms. The molecule has 4 atom stereocenters. The van der Waals surface area contributed by atoms with E-state index in [0.717, 1.165) is 12.1 Å². The Labute approximate surface area is 274 Å². The first-order valence-electron chi connectivity index (χ1n) is 15.7. The first-order valence-corrected chi connectivity index (χ1v) is 16.0. The molecule has 10 nitrogen and oxygen atoms in total. The molecule has 3 saturated heterocycles. The number of nitrogens with zero attached hydrogens (tertiary/aromatic N) is 4. The number of aromatic nitrogens is 2. The first-order chi connectivity index (χ1) is 22.7. The molecule has 3 aromatic carbocycles. The lowest BCUT2D eigenvalue weighted by Crippen LogP contribution is -2.59. The van der Waals surface area contributed by atoms with Crippen LogP contribution in [0.5, 0.6) is 11.5 Å². The van der Waals surface area contributed by atoms with Gasteiger partial charge in [0, 0.05) is 31.6 Å². The van der Waals surface area contributed by atoms with Crippen molar-refractivity contribution in [2.24, 2.45) is 0 Å². The van der Waals surface area contributed by atoms with Crippen LogP contribution in [0.15, 0.2) is 48.5 Å². The zero-order chi connectivity index (χ0) is 32.4. The second-order valence-corrected chi connectivity index (χ2v) is 12.9. The van der Waals surface area contributed by atoms with Gasteiger partial charge in [-0.1, -0.05) is 17.7 Å². The molecule has 4 unspecified atom stereocenters. The van der Waals surface area contributed by atoms with Crippen LogP contribution in [0.1, 0.15) is 35.1 Å². The van der Waals surface area contributed by atoms with E-state index < -0.39 is 23.4 Å². The number of piperazine rings is 1. The highest BCUT2D eigenvalue weighted by Gasteiger charge is 2.46. The van der Waals surface area contributed by atoms with Gasteiger partial charge < -0.3 is 33.2 Å². The maximum absolute atomic E-state index is 15.3. The molecule has 8 rings (SSSR count). The van der Waals surface area contributed by atoms with Crippen LogP contribution >= 0.6 is 11.6 Å². The predicted molar refractivity (Wildman–Crippen MR) is 168 cm³/mol. The summed E-state index contributed by atoms with van der Waals surface area (Å²) in [5.41, 5.74) is 1.97. The number of carbonyl (C=O) groups excluding carboxylic acids is 1. The lowest BCUT2D eigenvalue weighted by atomic mass is 10.0. The Balaban J connectivity index is 1.08. The van der Waals surface area contributed by atoms with Crippen LogP contribution in [0.3, 0.4) is 0 Å². The molecular formula is C34H33ClF2N4O6. The minimum Gasteiger partial charge on any atom is -0.465 e. The molecule has 0 bridgehead atoms. The van der Waals surface area contributed by atoms with Crippen LogP contribution in [-0.4, -0.2) is 78.6 Å². The van der Waals surface area contributed by atoms with Crippen LogP contribution in [0.25, 0.3) is 11.0 Å². The van der Waals surface area contributed by atoms with Crippen molar-refractivity contribution < 1.29 is 37.3 Å². The number of ether oxygens (including phenoxy) is 5. The van der Waals surface area contributed by atoms with Gasteiger partial charge in [0.05, 0.1) is 73.9 Å². The number of anilines is 1. The van der Waals surface area contributed by atoms with E-state index in [-0.39, 0.29) is 34.8 Å². The third-order valence-electron chi connectivity index (χ3n) is 9.64. The van der Waals surface area contributed by atoms with Crippen LogP contribution in [-0.2, 0) is 33.1 Å². The van der Waals surface area contributed by atoms with Gasteiger partial charge >= 0.3 is 5.97 Å². The average Bonchev–Trinajstić information content (AvgIpc) is 3.74. The summed E-state index contributed by atoms with van der Waals surface area (Å²) < 4.78 is 61.5. The van der Waals surface area contributed by atoms with E-state index >= 15 is 4.39 Å². The van der Waals surface area contributed by atoms with Crippen LogP contribution in [0.2, 0.25) is 5.02 Å². The molecule has 0 saturated carbocycles. The number of imidazole rings is 1. The first kappa shape index (κ1) is 30.4. The van der Waals surface area contributed by atoms with E-state index in [1.54, 1.807) is 25.1 Å². The largest absolute Gasteiger partial charge is 0.465 e. The average molecular weight is 667 g/mol. The number of halogens is 3. The van der Waals surface area contributed by atoms with Crippen LogP contribution < -0.4 is 14.4 Å². The molecule has 3 fully saturated rings. The molecule has 47 heavy (non-hydrogen) atoms. The number of benzene rings is 3. The van der Waals surface area contributed by atoms with Gasteiger partial charge in [0.15, 0.2) is 17.3 Å². The molecular weight excluding hydrogens is 634 g/mol. The number of rotatable bonds is 7. The van der Waals surface area contributed by atoms with Crippen molar-refractivity contribution in [3.8, 4) is 11.5 Å². The van der Waals surface area contributed by atoms with Crippen molar-refractivity contribution in [3.63, 3.8) is 0 Å². The number of hydrogen-bond acceptors (Lipinski definition) is 9. The Morgan fingerprint density at radius 3 is 2.68 bits per heavy atom. The number of fused-ring (bicyclic) bond motifs is 3. The quantitative estimate of drug-likeness (QED) is 0.245. The van der Waals surface area contributed by atoms with Gasteiger partial charge in [-0.2, -0.15) is 0 Å². The van der Waals surface area contributed by atoms with Crippen LogP contribution in [0.4, 0.5) is 14.5 Å². The Bertz CT molecular complexity index is 1890. The number of para-hydroxylation sites is 1. The summed E-state index contributed by atoms with van der Waals surface area (Å²) in [6.07, 6.45) is 0.886. The fourth-order valence-corrected chi connectivity index (χ4v) is 7.31. The van der Waals surface area contributed by atoms with E-state index in [0.29, 0.717) is 73.9 Å². The number of hydrogen-bond donors (Lipinski definition) is 0. The number of esters is 1. The normalized spacial score (nSPS) is 25.2. The zero-order valence-electron chi connectivity index (χ0n) is 25.9. The smallest absolute Gasteiger partial charge is 0.338 e. The fourth-order valence-electron chi connectivity index (χ4n) is 7.15. The second kappa shape index (κ2) is 11.6. The van der Waals surface area contributed by atoms with Gasteiger partial charge in [-0.05, 0) is 48.9 Å². The zero-order valence-corrected chi connectivity index (χ0v) is 26.6. The van der Waals surface area contributed by atoms with E-state index in [1.807, 2.05) is 22.8 Å². The van der Waals surface area contributed by atoms with Crippen molar-refractivity contribution in [2.75, 3.05) is 44.9 Å². The van der Waals surface area contributed by atoms with Crippen LogP contribution in [0, 0.1) is 11.6 Å². The van der Waals surface area contributed by atoms with E-state index in [4.69, 9.17) is 40.3 Å². The van der Waals surface area contributed by atoms with Gasteiger partial charge in [0.2, 0.25) is 0 Å². The molecule has 4 aliphatic rings. The fraction of sp³-hybridized carbons (Fsp3) is 0.412. The molecule has 4 aliphatic heterocycles. The number of carbonyl (C=O) groups is 1. The summed E-state index contributed by atoms with van der Waals surface area (Å²) in [6.45, 7) is 5.64. The Kier molecular flexibility index (Phi) is 7.51. The van der Waals surface area contributed by atoms with Crippen molar-refractivity contribution in [1.82, 2.24) is 14.5 Å². The summed E-state index contributed by atoms with van der Waals surface area (Å²) in [7, 11) is 1.27. The summed E-state index contributed by atoms with van der Waals surface area (Å²) in [4.78, 5) is 21.6. The molecule has 13 heteroatoms. The third-order valence-corrected chi connectivity index (χ3v) is 9.88. The van der Waals surface area contributed by atoms with Crippen molar-refractivity contribution >= 4 is 34.3 Å². The lowest BCUT2D eigenvalue weighted by molar-refractivity contribution is -0.0705. The molecule has 246 valence electrons. The highest BCUT2D eigenvalue weighted by Crippen LogP contribution is 2.51. The summed E-state index contributed by atoms with van der Waals surface area (Å²) >= 11 is 6.00. The maximum atomic E-state index is 15.3. The predicted octanol–water partition coefficient (Wildman–Crippen LogP) is 5.28. The monoisotopic (exact) mass is 666 g/mol. The molecule has 0 N–H and O–H groups in total. The Morgan fingerprint density at radius 2 is 1.91 bits per heavy atom. The Hall–Kier alpha value is -3.97. The summed E-state index contributed by atoms with van der Waals surface area (Å²) in [5, 5.41) is 0.291. The topological polar surface area (TPSA) is 87.5 Å². The summed E-state index contributed by atoms with van der Waals surface area (Å²) in [5.74, 6) is -1.30. The molecule has 1 aromatic heterocycles. The van der Waals surface area contributed by atoms with Gasteiger partial charge in [-0.25, -0.2) is 18.6 Å². The van der Waals surface area contributed by atoms with E-state index in [2.05, 4.69) is 9.80 Å². The molecule has 4 aromatic rings. The highest BCUT2D eigenvalue weighted by molar-refractivity contribution is 6.30. The van der Waals surface area contributed by atoms with Crippen molar-refractivity contribution in [1.29, 1.82) is 0 Å². The third kappa shape index (κ3) is 5.18. The lowest BCUT2D eigenvalue weighted by Gasteiger charge is -2.44. The molecule has 0 aliphatic carbocycles. The van der Waals surface area contributed by atoms with Gasteiger partial charge in [-0.15, -0.1) is 0 Å². The van der Waals surface area contributed by atoms with Gasteiger partial charge in [0.25, 0.3) is 5.79 Å². The molecule has 0 radical (unpaired) electrons. The van der Waals surface area contributed by atoms with Crippen molar-refractivity contribution in [2.45, 2.75) is 50.4 Å². The Morgan fingerprint density at radius 1 is 1.09 bits per heavy atom. The molecule has 5 heterocycles. The SMILES string of the molecule is COC(=O)c1cc(F)c2nc(CN3CCN(c4cccc5c4OC(C)(c4ccc(Cl)cc4F)O5)C4COCC43)n(CC3CCO3)c2c1.